The zero-order chi connectivity index (χ0) is 12.3. The van der Waals surface area contributed by atoms with E-state index in [9.17, 15) is 4.79 Å². The van der Waals surface area contributed by atoms with Crippen molar-refractivity contribution in [2.75, 3.05) is 26.3 Å². The minimum Gasteiger partial charge on any atom is -0.379 e. The van der Waals surface area contributed by atoms with Crippen LogP contribution in [0.2, 0.25) is 0 Å². The Morgan fingerprint density at radius 3 is 2.65 bits per heavy atom. The van der Waals surface area contributed by atoms with E-state index < -0.39 is 0 Å². The van der Waals surface area contributed by atoms with E-state index in [0.717, 1.165) is 44.0 Å². The topological polar surface area (TPSA) is 29.5 Å². The molecule has 0 N–H and O–H groups in total. The van der Waals surface area contributed by atoms with Gasteiger partial charge in [-0.05, 0) is 25.0 Å². The molecule has 0 atom stereocenters. The SMILES string of the molecule is CC(=O)c1ccc(CN2CCOCC2)cc1C. The highest BCUT2D eigenvalue weighted by atomic mass is 16.5. The first kappa shape index (κ1) is 12.3. The molecule has 1 aliphatic heterocycles. The van der Waals surface area contributed by atoms with Crippen molar-refractivity contribution >= 4 is 5.78 Å². The standard InChI is InChI=1S/C14H19NO2/c1-11-9-13(3-4-14(11)12(2)16)10-15-5-7-17-8-6-15/h3-4,9H,5-8,10H2,1-2H3. The maximum absolute atomic E-state index is 11.3. The first-order chi connectivity index (χ1) is 8.16. The molecule has 0 aliphatic carbocycles. The number of aryl methyl sites for hydroxylation is 1. The van der Waals surface area contributed by atoms with Crippen LogP contribution in [-0.2, 0) is 11.3 Å². The summed E-state index contributed by atoms with van der Waals surface area (Å²) in [6, 6.07) is 6.11. The Morgan fingerprint density at radius 1 is 1.35 bits per heavy atom. The molecule has 0 radical (unpaired) electrons. The predicted molar refractivity (Wildman–Crippen MR) is 67.3 cm³/mol. The molecule has 1 aliphatic rings. The molecule has 0 unspecified atom stereocenters. The number of hydrogen-bond donors (Lipinski definition) is 0. The molecule has 1 heterocycles. The van der Waals surface area contributed by atoms with Gasteiger partial charge in [0.05, 0.1) is 13.2 Å². The zero-order valence-corrected chi connectivity index (χ0v) is 10.5. The fraction of sp³-hybridized carbons (Fsp3) is 0.500. The van der Waals surface area contributed by atoms with E-state index in [-0.39, 0.29) is 5.78 Å². The number of carbonyl (C=O) groups is 1. The molecular weight excluding hydrogens is 214 g/mol. The van der Waals surface area contributed by atoms with Gasteiger partial charge >= 0.3 is 0 Å². The first-order valence-corrected chi connectivity index (χ1v) is 6.07. The number of hydrogen-bond acceptors (Lipinski definition) is 3. The van der Waals surface area contributed by atoms with Crippen LogP contribution in [-0.4, -0.2) is 37.0 Å². The lowest BCUT2D eigenvalue weighted by Crippen LogP contribution is -2.35. The van der Waals surface area contributed by atoms with Crippen molar-refractivity contribution in [2.45, 2.75) is 20.4 Å². The summed E-state index contributed by atoms with van der Waals surface area (Å²) in [6.07, 6.45) is 0. The van der Waals surface area contributed by atoms with Crippen LogP contribution in [0.4, 0.5) is 0 Å². The van der Waals surface area contributed by atoms with Crippen LogP contribution < -0.4 is 0 Å². The fourth-order valence-corrected chi connectivity index (χ4v) is 2.24. The van der Waals surface area contributed by atoms with Crippen molar-refractivity contribution in [1.82, 2.24) is 4.90 Å². The summed E-state index contributed by atoms with van der Waals surface area (Å²) in [4.78, 5) is 13.7. The molecule has 3 nitrogen and oxygen atoms in total. The number of rotatable bonds is 3. The molecule has 1 aromatic rings. The van der Waals surface area contributed by atoms with Gasteiger partial charge in [-0.15, -0.1) is 0 Å². The lowest BCUT2D eigenvalue weighted by Gasteiger charge is -2.26. The summed E-state index contributed by atoms with van der Waals surface area (Å²) in [5, 5.41) is 0. The van der Waals surface area contributed by atoms with Crippen LogP contribution in [0, 0.1) is 6.92 Å². The van der Waals surface area contributed by atoms with Gasteiger partial charge in [0.25, 0.3) is 0 Å². The van der Waals surface area contributed by atoms with E-state index in [1.54, 1.807) is 6.92 Å². The number of morpholine rings is 1. The fourth-order valence-electron chi connectivity index (χ4n) is 2.24. The number of ether oxygens (including phenoxy) is 1. The lowest BCUT2D eigenvalue weighted by molar-refractivity contribution is 0.0342. The van der Waals surface area contributed by atoms with Gasteiger partial charge in [-0.25, -0.2) is 0 Å². The molecule has 0 amide bonds. The van der Waals surface area contributed by atoms with Crippen LogP contribution in [0.3, 0.4) is 0 Å². The summed E-state index contributed by atoms with van der Waals surface area (Å²) in [7, 11) is 0. The molecule has 1 saturated heterocycles. The van der Waals surface area contributed by atoms with Gasteiger partial charge in [0.2, 0.25) is 0 Å². The number of nitrogens with zero attached hydrogens (tertiary/aromatic N) is 1. The molecule has 0 saturated carbocycles. The quantitative estimate of drug-likeness (QED) is 0.748. The average molecular weight is 233 g/mol. The van der Waals surface area contributed by atoms with E-state index in [2.05, 4.69) is 17.0 Å². The Morgan fingerprint density at radius 2 is 2.06 bits per heavy atom. The molecular formula is C14H19NO2. The summed E-state index contributed by atoms with van der Waals surface area (Å²) in [6.45, 7) is 8.20. The highest BCUT2D eigenvalue weighted by molar-refractivity contribution is 5.95. The number of carbonyl (C=O) groups excluding carboxylic acids is 1. The third-order valence-corrected chi connectivity index (χ3v) is 3.18. The van der Waals surface area contributed by atoms with E-state index in [4.69, 9.17) is 4.74 Å². The molecule has 2 rings (SSSR count). The third-order valence-electron chi connectivity index (χ3n) is 3.18. The second kappa shape index (κ2) is 5.43. The van der Waals surface area contributed by atoms with Crippen molar-refractivity contribution < 1.29 is 9.53 Å². The highest BCUT2D eigenvalue weighted by Crippen LogP contribution is 2.14. The summed E-state index contributed by atoms with van der Waals surface area (Å²) in [5.74, 6) is 0.139. The zero-order valence-electron chi connectivity index (χ0n) is 10.5. The monoisotopic (exact) mass is 233 g/mol. The second-order valence-electron chi connectivity index (χ2n) is 4.59. The van der Waals surface area contributed by atoms with Crippen molar-refractivity contribution in [2.24, 2.45) is 0 Å². The second-order valence-corrected chi connectivity index (χ2v) is 4.59. The van der Waals surface area contributed by atoms with E-state index >= 15 is 0 Å². The molecule has 17 heavy (non-hydrogen) atoms. The minimum atomic E-state index is 0.139. The van der Waals surface area contributed by atoms with Crippen molar-refractivity contribution in [3.8, 4) is 0 Å². The van der Waals surface area contributed by atoms with Gasteiger partial charge in [0.1, 0.15) is 0 Å². The molecule has 92 valence electrons. The number of ketones is 1. The number of Topliss-reactive ketones (excluding diaryl/α,β-unsaturated/α-hetero) is 1. The summed E-state index contributed by atoms with van der Waals surface area (Å²) in [5.41, 5.74) is 3.17. The van der Waals surface area contributed by atoms with Crippen molar-refractivity contribution in [3.63, 3.8) is 0 Å². The molecule has 0 spiro atoms. The first-order valence-electron chi connectivity index (χ1n) is 6.07. The maximum Gasteiger partial charge on any atom is 0.160 e. The van der Waals surface area contributed by atoms with E-state index in [1.807, 2.05) is 13.0 Å². The van der Waals surface area contributed by atoms with E-state index in [0.29, 0.717) is 0 Å². The number of benzene rings is 1. The Kier molecular flexibility index (Phi) is 3.92. The van der Waals surface area contributed by atoms with Crippen LogP contribution >= 0.6 is 0 Å². The molecule has 0 aromatic heterocycles. The van der Waals surface area contributed by atoms with Gasteiger partial charge in [-0.1, -0.05) is 18.2 Å². The van der Waals surface area contributed by atoms with E-state index in [1.165, 1.54) is 5.56 Å². The van der Waals surface area contributed by atoms with Gasteiger partial charge < -0.3 is 4.74 Å². The Hall–Kier alpha value is -1.19. The molecule has 3 heteroatoms. The highest BCUT2D eigenvalue weighted by Gasteiger charge is 2.11. The van der Waals surface area contributed by atoms with Crippen molar-refractivity contribution in [3.05, 3.63) is 34.9 Å². The average Bonchev–Trinajstić information content (AvgIpc) is 2.30. The lowest BCUT2D eigenvalue weighted by atomic mass is 10.0. The van der Waals surface area contributed by atoms with Gasteiger partial charge in [0, 0.05) is 25.2 Å². The van der Waals surface area contributed by atoms with Gasteiger partial charge in [0.15, 0.2) is 5.78 Å². The van der Waals surface area contributed by atoms with Gasteiger partial charge in [-0.2, -0.15) is 0 Å². The molecule has 1 fully saturated rings. The minimum absolute atomic E-state index is 0.139. The normalized spacial score (nSPS) is 17.1. The summed E-state index contributed by atoms with van der Waals surface area (Å²) < 4.78 is 5.33. The van der Waals surface area contributed by atoms with Crippen LogP contribution in [0.5, 0.6) is 0 Å². The van der Waals surface area contributed by atoms with Crippen molar-refractivity contribution in [1.29, 1.82) is 0 Å². The Balaban J connectivity index is 2.06. The third kappa shape index (κ3) is 3.14. The molecule has 1 aromatic carbocycles. The van der Waals surface area contributed by atoms with Gasteiger partial charge in [-0.3, -0.25) is 9.69 Å². The summed E-state index contributed by atoms with van der Waals surface area (Å²) >= 11 is 0. The molecule has 0 bridgehead atoms. The Bertz CT molecular complexity index is 409. The van der Waals surface area contributed by atoms with Crippen LogP contribution in [0.15, 0.2) is 18.2 Å². The smallest absolute Gasteiger partial charge is 0.160 e. The predicted octanol–water partition coefficient (Wildman–Crippen LogP) is 2.03. The maximum atomic E-state index is 11.3. The van der Waals surface area contributed by atoms with Crippen LogP contribution in [0.25, 0.3) is 0 Å². The Labute approximate surface area is 102 Å². The van der Waals surface area contributed by atoms with Crippen LogP contribution in [0.1, 0.15) is 28.4 Å². The largest absolute Gasteiger partial charge is 0.379 e.